The fraction of sp³-hybridized carbons (Fsp3) is 0.364. The standard InChI is InChI=1S/C22H25FN2O3S/c1-15(2)28-12-6-11-25-21(26)17-7-4-5-8-19(17)24-22(25)29-14-16-9-10-20(27-3)18(23)13-16/h4-5,7-10,13,15H,6,11-12,14H2,1-3H3. The second-order valence-corrected chi connectivity index (χ2v) is 7.84. The highest BCUT2D eigenvalue weighted by molar-refractivity contribution is 7.98. The highest BCUT2D eigenvalue weighted by Crippen LogP contribution is 2.25. The molecule has 2 aromatic carbocycles. The van der Waals surface area contributed by atoms with Crippen LogP contribution in [0.1, 0.15) is 25.8 Å². The number of hydrogen-bond acceptors (Lipinski definition) is 5. The number of nitrogens with zero attached hydrogens (tertiary/aromatic N) is 2. The minimum Gasteiger partial charge on any atom is -0.494 e. The summed E-state index contributed by atoms with van der Waals surface area (Å²) in [6.07, 6.45) is 0.864. The molecule has 154 valence electrons. The van der Waals surface area contributed by atoms with E-state index in [9.17, 15) is 9.18 Å². The number of benzene rings is 2. The van der Waals surface area contributed by atoms with Crippen molar-refractivity contribution in [1.29, 1.82) is 0 Å². The van der Waals surface area contributed by atoms with Gasteiger partial charge in [-0.2, -0.15) is 0 Å². The molecule has 0 spiro atoms. The molecule has 29 heavy (non-hydrogen) atoms. The Morgan fingerprint density at radius 2 is 2.00 bits per heavy atom. The predicted molar refractivity (Wildman–Crippen MR) is 114 cm³/mol. The number of rotatable bonds is 9. The van der Waals surface area contributed by atoms with Gasteiger partial charge in [-0.1, -0.05) is 30.0 Å². The second-order valence-electron chi connectivity index (χ2n) is 6.90. The Kier molecular flexibility index (Phi) is 7.28. The normalized spacial score (nSPS) is 11.3. The van der Waals surface area contributed by atoms with Gasteiger partial charge in [-0.3, -0.25) is 9.36 Å². The van der Waals surface area contributed by atoms with Crippen LogP contribution in [0.5, 0.6) is 5.75 Å². The van der Waals surface area contributed by atoms with Gasteiger partial charge in [-0.25, -0.2) is 9.37 Å². The van der Waals surface area contributed by atoms with E-state index in [4.69, 9.17) is 9.47 Å². The van der Waals surface area contributed by atoms with E-state index in [1.54, 1.807) is 16.7 Å². The summed E-state index contributed by atoms with van der Waals surface area (Å²) < 4.78 is 26.2. The third-order valence-corrected chi connectivity index (χ3v) is 5.44. The van der Waals surface area contributed by atoms with Gasteiger partial charge in [0, 0.05) is 18.9 Å². The molecule has 0 aliphatic heterocycles. The number of thioether (sulfide) groups is 1. The predicted octanol–water partition coefficient (Wildman–Crippen LogP) is 4.65. The van der Waals surface area contributed by atoms with E-state index in [0.29, 0.717) is 41.4 Å². The molecule has 0 radical (unpaired) electrons. The maximum absolute atomic E-state index is 14.0. The van der Waals surface area contributed by atoms with E-state index in [-0.39, 0.29) is 17.4 Å². The van der Waals surface area contributed by atoms with Gasteiger partial charge < -0.3 is 9.47 Å². The van der Waals surface area contributed by atoms with Gasteiger partial charge in [0.25, 0.3) is 5.56 Å². The lowest BCUT2D eigenvalue weighted by Crippen LogP contribution is -2.24. The van der Waals surface area contributed by atoms with Crippen molar-refractivity contribution in [1.82, 2.24) is 9.55 Å². The first-order valence-electron chi connectivity index (χ1n) is 9.56. The van der Waals surface area contributed by atoms with Crippen LogP contribution in [0.4, 0.5) is 4.39 Å². The Morgan fingerprint density at radius 1 is 1.21 bits per heavy atom. The van der Waals surface area contributed by atoms with Gasteiger partial charge in [-0.15, -0.1) is 0 Å². The van der Waals surface area contributed by atoms with Gasteiger partial charge in [0.15, 0.2) is 16.7 Å². The molecule has 1 heterocycles. The zero-order valence-electron chi connectivity index (χ0n) is 16.9. The van der Waals surface area contributed by atoms with Crippen molar-refractivity contribution >= 4 is 22.7 Å². The molecule has 5 nitrogen and oxygen atoms in total. The largest absolute Gasteiger partial charge is 0.494 e. The van der Waals surface area contributed by atoms with Crippen LogP contribution in [0.15, 0.2) is 52.4 Å². The van der Waals surface area contributed by atoms with Crippen molar-refractivity contribution < 1.29 is 13.9 Å². The Labute approximate surface area is 173 Å². The fourth-order valence-corrected chi connectivity index (χ4v) is 3.91. The van der Waals surface area contributed by atoms with E-state index in [1.165, 1.54) is 24.9 Å². The summed E-state index contributed by atoms with van der Waals surface area (Å²) in [4.78, 5) is 17.7. The second kappa shape index (κ2) is 9.89. The molecule has 0 saturated heterocycles. The Balaban J connectivity index is 1.85. The van der Waals surface area contributed by atoms with Crippen LogP contribution in [0.2, 0.25) is 0 Å². The lowest BCUT2D eigenvalue weighted by Gasteiger charge is -2.14. The number of aromatic nitrogens is 2. The molecule has 0 bridgehead atoms. The Bertz CT molecular complexity index is 1040. The van der Waals surface area contributed by atoms with Gasteiger partial charge >= 0.3 is 0 Å². The fourth-order valence-electron chi connectivity index (χ4n) is 2.94. The quantitative estimate of drug-likeness (QED) is 0.289. The molecule has 0 unspecified atom stereocenters. The molecule has 7 heteroatoms. The van der Waals surface area contributed by atoms with Crippen LogP contribution in [-0.4, -0.2) is 29.4 Å². The van der Waals surface area contributed by atoms with E-state index in [2.05, 4.69) is 4.98 Å². The third kappa shape index (κ3) is 5.36. The first kappa shape index (κ1) is 21.3. The van der Waals surface area contributed by atoms with E-state index in [1.807, 2.05) is 38.1 Å². The van der Waals surface area contributed by atoms with Gasteiger partial charge in [0.1, 0.15) is 0 Å². The summed E-state index contributed by atoms with van der Waals surface area (Å²) in [5.74, 6) is 0.304. The zero-order chi connectivity index (χ0) is 20.8. The molecule has 3 rings (SSSR count). The average Bonchev–Trinajstić information content (AvgIpc) is 2.71. The molecular weight excluding hydrogens is 391 g/mol. The minimum absolute atomic E-state index is 0.0661. The lowest BCUT2D eigenvalue weighted by atomic mass is 10.2. The molecule has 0 atom stereocenters. The molecule has 0 aliphatic carbocycles. The van der Waals surface area contributed by atoms with Crippen molar-refractivity contribution in [2.45, 2.75) is 43.8 Å². The highest BCUT2D eigenvalue weighted by Gasteiger charge is 2.12. The monoisotopic (exact) mass is 416 g/mol. The van der Waals surface area contributed by atoms with Crippen molar-refractivity contribution in [2.24, 2.45) is 0 Å². The summed E-state index contributed by atoms with van der Waals surface area (Å²) in [7, 11) is 1.44. The van der Waals surface area contributed by atoms with Crippen LogP contribution in [0, 0.1) is 5.82 Å². The lowest BCUT2D eigenvalue weighted by molar-refractivity contribution is 0.0743. The number of para-hydroxylation sites is 1. The van der Waals surface area contributed by atoms with Gasteiger partial charge in [0.05, 0.1) is 24.1 Å². The zero-order valence-corrected chi connectivity index (χ0v) is 17.7. The van der Waals surface area contributed by atoms with E-state index < -0.39 is 5.82 Å². The first-order valence-corrected chi connectivity index (χ1v) is 10.5. The molecule has 0 fully saturated rings. The van der Waals surface area contributed by atoms with Crippen molar-refractivity contribution in [2.75, 3.05) is 13.7 Å². The SMILES string of the molecule is COc1ccc(CSc2nc3ccccc3c(=O)n2CCCOC(C)C)cc1F. The summed E-state index contributed by atoms with van der Waals surface area (Å²) in [6.45, 7) is 5.06. The van der Waals surface area contributed by atoms with Crippen molar-refractivity contribution in [3.8, 4) is 5.75 Å². The molecule has 3 aromatic rings. The highest BCUT2D eigenvalue weighted by atomic mass is 32.2. The maximum atomic E-state index is 14.0. The molecular formula is C22H25FN2O3S. The van der Waals surface area contributed by atoms with Crippen LogP contribution in [0.3, 0.4) is 0 Å². The smallest absolute Gasteiger partial charge is 0.262 e. The molecule has 0 N–H and O–H groups in total. The topological polar surface area (TPSA) is 53.3 Å². The first-order chi connectivity index (χ1) is 14.0. The van der Waals surface area contributed by atoms with Gasteiger partial charge in [0.2, 0.25) is 0 Å². The van der Waals surface area contributed by atoms with E-state index >= 15 is 0 Å². The molecule has 1 aromatic heterocycles. The number of ether oxygens (including phenoxy) is 2. The number of hydrogen-bond donors (Lipinski definition) is 0. The molecule has 0 aliphatic rings. The number of fused-ring (bicyclic) bond motifs is 1. The Morgan fingerprint density at radius 3 is 2.72 bits per heavy atom. The molecule has 0 saturated carbocycles. The maximum Gasteiger partial charge on any atom is 0.262 e. The summed E-state index contributed by atoms with van der Waals surface area (Å²) in [6, 6.07) is 12.2. The number of halogens is 1. The third-order valence-electron chi connectivity index (χ3n) is 4.39. The average molecular weight is 417 g/mol. The van der Waals surface area contributed by atoms with Crippen LogP contribution < -0.4 is 10.3 Å². The summed E-state index contributed by atoms with van der Waals surface area (Å²) >= 11 is 1.42. The van der Waals surface area contributed by atoms with Crippen LogP contribution >= 0.6 is 11.8 Å². The summed E-state index contributed by atoms with van der Waals surface area (Å²) in [5, 5.41) is 1.21. The minimum atomic E-state index is -0.403. The van der Waals surface area contributed by atoms with Gasteiger partial charge in [-0.05, 0) is 50.1 Å². The van der Waals surface area contributed by atoms with Crippen LogP contribution in [0.25, 0.3) is 10.9 Å². The van der Waals surface area contributed by atoms with Crippen molar-refractivity contribution in [3.05, 3.63) is 64.2 Å². The Hall–Kier alpha value is -2.38. The summed E-state index contributed by atoms with van der Waals surface area (Å²) in [5.41, 5.74) is 1.39. The van der Waals surface area contributed by atoms with E-state index in [0.717, 1.165) is 5.56 Å². The van der Waals surface area contributed by atoms with Crippen LogP contribution in [-0.2, 0) is 17.0 Å². The van der Waals surface area contributed by atoms with Crippen molar-refractivity contribution in [3.63, 3.8) is 0 Å². The number of methoxy groups -OCH3 is 1. The molecule has 0 amide bonds.